The second-order valence-electron chi connectivity index (χ2n) is 5.08. The van der Waals surface area contributed by atoms with Gasteiger partial charge in [-0.3, -0.25) is 4.79 Å². The third-order valence-electron chi connectivity index (χ3n) is 3.45. The van der Waals surface area contributed by atoms with Crippen molar-refractivity contribution in [3.63, 3.8) is 0 Å². The maximum Gasteiger partial charge on any atom is 0.263 e. The molecule has 124 valence electrons. The number of thiophene rings is 1. The average molecular weight is 423 g/mol. The average Bonchev–Trinajstić information content (AvgIpc) is 3.22. The number of benzene rings is 1. The molecular weight excluding hydrogens is 408 g/mol. The molecule has 2 heterocycles. The van der Waals surface area contributed by atoms with E-state index >= 15 is 0 Å². The number of aryl methyl sites for hydroxylation is 1. The Kier molecular flexibility index (Phi) is 5.33. The van der Waals surface area contributed by atoms with E-state index in [0.717, 1.165) is 32.1 Å². The van der Waals surface area contributed by atoms with Crippen molar-refractivity contribution < 1.29 is 9.53 Å². The first-order valence-corrected chi connectivity index (χ1v) is 9.74. The summed E-state index contributed by atoms with van der Waals surface area (Å²) >= 11 is 6.47. The molecule has 0 atom stereocenters. The van der Waals surface area contributed by atoms with Crippen LogP contribution in [0.25, 0.3) is 10.6 Å². The number of rotatable bonds is 5. The summed E-state index contributed by atoms with van der Waals surface area (Å²) < 4.78 is 6.28. The fraction of sp³-hybridized carbons (Fsp3) is 0.176. The maximum absolute atomic E-state index is 12.5. The van der Waals surface area contributed by atoms with E-state index in [0.29, 0.717) is 11.4 Å². The smallest absolute Gasteiger partial charge is 0.263 e. The van der Waals surface area contributed by atoms with E-state index in [1.54, 1.807) is 18.4 Å². The molecule has 0 aliphatic carbocycles. The molecule has 2 aromatic heterocycles. The fourth-order valence-electron chi connectivity index (χ4n) is 2.26. The van der Waals surface area contributed by atoms with Gasteiger partial charge in [-0.05, 0) is 36.6 Å². The standard InChI is InChI=1S/C17H15BrN2O2S2/c1-10-15(24-17(20-10)11-5-6-23-9-11)16(21)19-8-12-7-13(18)3-4-14(12)22-2/h3-7,9H,8H2,1-2H3,(H,19,21). The van der Waals surface area contributed by atoms with Crippen molar-refractivity contribution in [2.24, 2.45) is 0 Å². The third kappa shape index (κ3) is 3.68. The number of hydrogen-bond acceptors (Lipinski definition) is 5. The van der Waals surface area contributed by atoms with Gasteiger partial charge >= 0.3 is 0 Å². The van der Waals surface area contributed by atoms with Gasteiger partial charge in [0, 0.05) is 27.5 Å². The third-order valence-corrected chi connectivity index (χ3v) is 5.83. The summed E-state index contributed by atoms with van der Waals surface area (Å²) in [4.78, 5) is 17.7. The first kappa shape index (κ1) is 17.1. The summed E-state index contributed by atoms with van der Waals surface area (Å²) in [5, 5.41) is 7.86. The number of nitrogens with zero attached hydrogens (tertiary/aromatic N) is 1. The highest BCUT2D eigenvalue weighted by Crippen LogP contribution is 2.29. The number of nitrogens with one attached hydrogen (secondary N) is 1. The zero-order chi connectivity index (χ0) is 17.1. The molecule has 1 N–H and O–H groups in total. The van der Waals surface area contributed by atoms with Crippen LogP contribution in [0.15, 0.2) is 39.5 Å². The minimum atomic E-state index is -0.117. The Morgan fingerprint density at radius 3 is 2.92 bits per heavy atom. The van der Waals surface area contributed by atoms with Crippen LogP contribution in [0.5, 0.6) is 5.75 Å². The highest BCUT2D eigenvalue weighted by atomic mass is 79.9. The Bertz CT molecular complexity index is 860. The van der Waals surface area contributed by atoms with Crippen LogP contribution in [-0.4, -0.2) is 18.0 Å². The Balaban J connectivity index is 1.75. The van der Waals surface area contributed by atoms with Crippen molar-refractivity contribution >= 4 is 44.5 Å². The molecule has 3 rings (SSSR count). The molecule has 4 nitrogen and oxygen atoms in total. The van der Waals surface area contributed by atoms with Gasteiger partial charge in [0.2, 0.25) is 0 Å². The van der Waals surface area contributed by atoms with Crippen molar-refractivity contribution in [1.82, 2.24) is 10.3 Å². The largest absolute Gasteiger partial charge is 0.496 e. The molecule has 0 aliphatic heterocycles. The summed E-state index contributed by atoms with van der Waals surface area (Å²) in [7, 11) is 1.62. The van der Waals surface area contributed by atoms with Gasteiger partial charge in [0.05, 0.1) is 12.8 Å². The van der Waals surface area contributed by atoms with Crippen LogP contribution in [0, 0.1) is 6.92 Å². The van der Waals surface area contributed by atoms with E-state index in [1.165, 1.54) is 11.3 Å². The lowest BCUT2D eigenvalue weighted by Gasteiger charge is -2.10. The number of carbonyl (C=O) groups excluding carboxylic acids is 1. The van der Waals surface area contributed by atoms with E-state index in [1.807, 2.05) is 41.9 Å². The van der Waals surface area contributed by atoms with Crippen molar-refractivity contribution in [2.75, 3.05) is 7.11 Å². The van der Waals surface area contributed by atoms with E-state index in [2.05, 4.69) is 26.2 Å². The van der Waals surface area contributed by atoms with Crippen LogP contribution < -0.4 is 10.1 Å². The molecule has 1 amide bonds. The summed E-state index contributed by atoms with van der Waals surface area (Å²) in [5.74, 6) is 0.631. The van der Waals surface area contributed by atoms with Gasteiger partial charge in [-0.25, -0.2) is 4.98 Å². The molecule has 0 unspecified atom stereocenters. The second-order valence-corrected chi connectivity index (χ2v) is 7.78. The predicted octanol–water partition coefficient (Wildman–Crippen LogP) is 4.88. The molecular formula is C17H15BrN2O2S2. The molecule has 0 fully saturated rings. The van der Waals surface area contributed by atoms with Gasteiger partial charge < -0.3 is 10.1 Å². The normalized spacial score (nSPS) is 10.6. The van der Waals surface area contributed by atoms with Gasteiger partial charge in [-0.2, -0.15) is 11.3 Å². The first-order valence-electron chi connectivity index (χ1n) is 7.19. The number of halogens is 1. The number of methoxy groups -OCH3 is 1. The maximum atomic E-state index is 12.5. The van der Waals surface area contributed by atoms with Crippen molar-refractivity contribution in [2.45, 2.75) is 13.5 Å². The second kappa shape index (κ2) is 7.46. The number of aromatic nitrogens is 1. The molecule has 0 spiro atoms. The summed E-state index contributed by atoms with van der Waals surface area (Å²) in [6, 6.07) is 7.73. The number of amides is 1. The molecule has 0 radical (unpaired) electrons. The van der Waals surface area contributed by atoms with E-state index in [9.17, 15) is 4.79 Å². The van der Waals surface area contributed by atoms with E-state index in [-0.39, 0.29) is 5.91 Å². The van der Waals surface area contributed by atoms with Crippen molar-refractivity contribution in [1.29, 1.82) is 0 Å². The minimum Gasteiger partial charge on any atom is -0.496 e. The van der Waals surface area contributed by atoms with Crippen LogP contribution in [0.1, 0.15) is 20.9 Å². The van der Waals surface area contributed by atoms with Gasteiger partial charge in [0.25, 0.3) is 5.91 Å². The molecule has 7 heteroatoms. The Morgan fingerprint density at radius 2 is 2.21 bits per heavy atom. The summed E-state index contributed by atoms with van der Waals surface area (Å²) in [5.41, 5.74) is 2.72. The molecule has 0 aliphatic rings. The molecule has 0 bridgehead atoms. The minimum absolute atomic E-state index is 0.117. The topological polar surface area (TPSA) is 51.2 Å². The molecule has 0 saturated heterocycles. The van der Waals surface area contributed by atoms with Crippen molar-refractivity contribution in [3.8, 4) is 16.3 Å². The lowest BCUT2D eigenvalue weighted by Crippen LogP contribution is -2.22. The Hall–Kier alpha value is -1.70. The number of carbonyl (C=O) groups is 1. The van der Waals surface area contributed by atoms with Crippen LogP contribution in [-0.2, 0) is 6.54 Å². The first-order chi connectivity index (χ1) is 11.6. The summed E-state index contributed by atoms with van der Waals surface area (Å²) in [6.45, 7) is 2.26. The van der Waals surface area contributed by atoms with E-state index in [4.69, 9.17) is 4.74 Å². The molecule has 1 aromatic carbocycles. The lowest BCUT2D eigenvalue weighted by atomic mass is 10.2. The van der Waals surface area contributed by atoms with Crippen LogP contribution in [0.4, 0.5) is 0 Å². The number of ether oxygens (including phenoxy) is 1. The highest BCUT2D eigenvalue weighted by molar-refractivity contribution is 9.10. The van der Waals surface area contributed by atoms with Gasteiger partial charge in [-0.15, -0.1) is 11.3 Å². The zero-order valence-corrected chi connectivity index (χ0v) is 16.3. The molecule has 0 saturated carbocycles. The molecule has 24 heavy (non-hydrogen) atoms. The summed E-state index contributed by atoms with van der Waals surface area (Å²) in [6.07, 6.45) is 0. The van der Waals surface area contributed by atoms with Crippen LogP contribution in [0.2, 0.25) is 0 Å². The van der Waals surface area contributed by atoms with Crippen LogP contribution in [0.3, 0.4) is 0 Å². The predicted molar refractivity (Wildman–Crippen MR) is 102 cm³/mol. The molecule has 3 aromatic rings. The Morgan fingerprint density at radius 1 is 1.38 bits per heavy atom. The van der Waals surface area contributed by atoms with Crippen molar-refractivity contribution in [3.05, 3.63) is 55.6 Å². The highest BCUT2D eigenvalue weighted by Gasteiger charge is 2.17. The lowest BCUT2D eigenvalue weighted by molar-refractivity contribution is 0.0954. The Labute approximate surface area is 156 Å². The SMILES string of the molecule is COc1ccc(Br)cc1CNC(=O)c1sc(-c2ccsc2)nc1C. The van der Waals surface area contributed by atoms with E-state index < -0.39 is 0 Å². The fourth-order valence-corrected chi connectivity index (χ4v) is 4.36. The van der Waals surface area contributed by atoms with Gasteiger partial charge in [0.1, 0.15) is 15.6 Å². The number of thiazole rings is 1. The monoisotopic (exact) mass is 422 g/mol. The number of hydrogen-bond donors (Lipinski definition) is 1. The zero-order valence-electron chi connectivity index (χ0n) is 13.1. The van der Waals surface area contributed by atoms with Gasteiger partial charge in [0.15, 0.2) is 0 Å². The quantitative estimate of drug-likeness (QED) is 0.637. The van der Waals surface area contributed by atoms with Crippen LogP contribution >= 0.6 is 38.6 Å². The van der Waals surface area contributed by atoms with Gasteiger partial charge in [-0.1, -0.05) is 15.9 Å².